The molecule has 2 N–H and O–H groups in total. The van der Waals surface area contributed by atoms with E-state index in [1.54, 1.807) is 6.92 Å². The van der Waals surface area contributed by atoms with Crippen molar-refractivity contribution in [1.29, 1.82) is 0 Å². The summed E-state index contributed by atoms with van der Waals surface area (Å²) in [6.07, 6.45) is 2.30. The minimum Gasteiger partial charge on any atom is -0.341 e. The Morgan fingerprint density at radius 2 is 1.36 bits per heavy atom. The standard InChI is InChI=1S/C23H27N3O2/c1-17(27)20-16-21(25-24-20)22(28)26-14-12-23(13-15-26,18-8-4-2-5-9-18)19-10-6-3-7-11-19/h2-11,20-21,24-25H,12-16H2,1H3. The number of hydrogen-bond donors (Lipinski definition) is 2. The maximum absolute atomic E-state index is 13.0. The number of likely N-dealkylation sites (tertiary alicyclic amines) is 1. The number of nitrogens with one attached hydrogen (secondary N) is 2. The van der Waals surface area contributed by atoms with Crippen molar-refractivity contribution < 1.29 is 9.59 Å². The number of piperidine rings is 1. The lowest BCUT2D eigenvalue weighted by Gasteiger charge is -2.43. The topological polar surface area (TPSA) is 61.4 Å². The molecule has 2 atom stereocenters. The van der Waals surface area contributed by atoms with Gasteiger partial charge in [-0.3, -0.25) is 9.59 Å². The number of rotatable bonds is 4. The van der Waals surface area contributed by atoms with Crippen LogP contribution in [-0.2, 0) is 15.0 Å². The number of carbonyl (C=O) groups is 2. The van der Waals surface area contributed by atoms with Gasteiger partial charge in [-0.1, -0.05) is 60.7 Å². The van der Waals surface area contributed by atoms with Gasteiger partial charge >= 0.3 is 0 Å². The van der Waals surface area contributed by atoms with E-state index in [9.17, 15) is 9.59 Å². The van der Waals surface area contributed by atoms with Crippen LogP contribution in [0.4, 0.5) is 0 Å². The fourth-order valence-electron chi connectivity index (χ4n) is 4.57. The summed E-state index contributed by atoms with van der Waals surface area (Å²) in [5.41, 5.74) is 8.51. The third-order valence-corrected chi connectivity index (χ3v) is 6.27. The monoisotopic (exact) mass is 377 g/mol. The molecular weight excluding hydrogens is 350 g/mol. The molecule has 2 aromatic rings. The van der Waals surface area contributed by atoms with Crippen LogP contribution in [0.1, 0.15) is 37.3 Å². The SMILES string of the molecule is CC(=O)C1CC(C(=O)N2CCC(c3ccccc3)(c3ccccc3)CC2)NN1. The number of ketones is 1. The molecule has 146 valence electrons. The Kier molecular flexibility index (Phi) is 5.29. The van der Waals surface area contributed by atoms with E-state index in [4.69, 9.17) is 0 Å². The first kappa shape index (κ1) is 18.8. The van der Waals surface area contributed by atoms with Crippen LogP contribution in [0.3, 0.4) is 0 Å². The van der Waals surface area contributed by atoms with Crippen LogP contribution in [0, 0.1) is 0 Å². The molecule has 0 aliphatic carbocycles. The molecule has 2 fully saturated rings. The van der Waals surface area contributed by atoms with Crippen LogP contribution < -0.4 is 10.9 Å². The van der Waals surface area contributed by atoms with Gasteiger partial charge in [0.25, 0.3) is 0 Å². The van der Waals surface area contributed by atoms with E-state index in [2.05, 4.69) is 59.4 Å². The van der Waals surface area contributed by atoms with Gasteiger partial charge in [-0.2, -0.15) is 0 Å². The molecule has 2 saturated heterocycles. The van der Waals surface area contributed by atoms with Crippen molar-refractivity contribution in [2.75, 3.05) is 13.1 Å². The zero-order valence-corrected chi connectivity index (χ0v) is 16.2. The molecule has 2 aromatic carbocycles. The van der Waals surface area contributed by atoms with Crippen LogP contribution in [0.2, 0.25) is 0 Å². The highest BCUT2D eigenvalue weighted by atomic mass is 16.2. The smallest absolute Gasteiger partial charge is 0.241 e. The Hall–Kier alpha value is -2.50. The minimum atomic E-state index is -0.324. The van der Waals surface area contributed by atoms with Crippen molar-refractivity contribution in [3.63, 3.8) is 0 Å². The molecule has 0 aromatic heterocycles. The summed E-state index contributed by atoms with van der Waals surface area (Å²) < 4.78 is 0. The molecule has 4 rings (SSSR count). The van der Waals surface area contributed by atoms with E-state index < -0.39 is 0 Å². The van der Waals surface area contributed by atoms with E-state index in [1.165, 1.54) is 11.1 Å². The maximum Gasteiger partial charge on any atom is 0.241 e. The number of nitrogens with zero attached hydrogens (tertiary/aromatic N) is 1. The Morgan fingerprint density at radius 1 is 0.857 bits per heavy atom. The molecule has 2 heterocycles. The third kappa shape index (κ3) is 3.48. The van der Waals surface area contributed by atoms with Gasteiger partial charge in [0.05, 0.1) is 6.04 Å². The largest absolute Gasteiger partial charge is 0.341 e. The van der Waals surface area contributed by atoms with Crippen molar-refractivity contribution in [2.24, 2.45) is 0 Å². The molecule has 0 spiro atoms. The van der Waals surface area contributed by atoms with Crippen molar-refractivity contribution in [3.8, 4) is 0 Å². The molecule has 28 heavy (non-hydrogen) atoms. The summed E-state index contributed by atoms with van der Waals surface area (Å²) in [6, 6.07) is 20.7. The zero-order chi connectivity index (χ0) is 19.6. The second kappa shape index (κ2) is 7.86. The third-order valence-electron chi connectivity index (χ3n) is 6.27. The van der Waals surface area contributed by atoms with E-state index in [0.29, 0.717) is 19.5 Å². The highest BCUT2D eigenvalue weighted by Gasteiger charge is 2.41. The molecule has 0 bridgehead atoms. The first-order valence-electron chi connectivity index (χ1n) is 10.0. The first-order valence-corrected chi connectivity index (χ1v) is 10.0. The van der Waals surface area contributed by atoms with E-state index in [0.717, 1.165) is 12.8 Å². The second-order valence-electron chi connectivity index (χ2n) is 7.88. The lowest BCUT2D eigenvalue weighted by atomic mass is 9.68. The number of hydrazine groups is 1. The van der Waals surface area contributed by atoms with E-state index in [1.807, 2.05) is 17.0 Å². The van der Waals surface area contributed by atoms with Gasteiger partial charge in [0.15, 0.2) is 0 Å². The first-order chi connectivity index (χ1) is 13.6. The Morgan fingerprint density at radius 3 is 1.82 bits per heavy atom. The van der Waals surface area contributed by atoms with Gasteiger partial charge in [0.2, 0.25) is 5.91 Å². The van der Waals surface area contributed by atoms with Crippen molar-refractivity contribution in [3.05, 3.63) is 71.8 Å². The minimum absolute atomic E-state index is 0.0635. The summed E-state index contributed by atoms with van der Waals surface area (Å²) in [7, 11) is 0. The molecule has 5 heteroatoms. The molecule has 0 radical (unpaired) electrons. The Labute approximate surface area is 166 Å². The second-order valence-corrected chi connectivity index (χ2v) is 7.88. The van der Waals surface area contributed by atoms with E-state index in [-0.39, 0.29) is 29.2 Å². The van der Waals surface area contributed by atoms with Crippen LogP contribution >= 0.6 is 0 Å². The van der Waals surface area contributed by atoms with Gasteiger partial charge in [-0.25, -0.2) is 10.9 Å². The zero-order valence-electron chi connectivity index (χ0n) is 16.2. The Balaban J connectivity index is 1.52. The van der Waals surface area contributed by atoms with Crippen LogP contribution in [0.25, 0.3) is 0 Å². The lowest BCUT2D eigenvalue weighted by molar-refractivity contribution is -0.134. The molecular formula is C23H27N3O2. The molecule has 0 saturated carbocycles. The normalized spacial score (nSPS) is 24.1. The van der Waals surface area contributed by atoms with Gasteiger partial charge < -0.3 is 4.90 Å². The average Bonchev–Trinajstić information content (AvgIpc) is 3.25. The van der Waals surface area contributed by atoms with Gasteiger partial charge in [0.1, 0.15) is 11.8 Å². The van der Waals surface area contributed by atoms with Gasteiger partial charge in [-0.05, 0) is 37.3 Å². The molecule has 2 unspecified atom stereocenters. The molecule has 1 amide bonds. The van der Waals surface area contributed by atoms with Gasteiger partial charge in [0, 0.05) is 18.5 Å². The fourth-order valence-corrected chi connectivity index (χ4v) is 4.57. The molecule has 2 aliphatic heterocycles. The predicted molar refractivity (Wildman–Crippen MR) is 109 cm³/mol. The van der Waals surface area contributed by atoms with Crippen LogP contribution in [0.15, 0.2) is 60.7 Å². The summed E-state index contributed by atoms with van der Waals surface area (Å²) in [5.74, 6) is 0.152. The van der Waals surface area contributed by atoms with Crippen LogP contribution in [-0.4, -0.2) is 41.8 Å². The van der Waals surface area contributed by atoms with Gasteiger partial charge in [-0.15, -0.1) is 0 Å². The summed E-state index contributed by atoms with van der Waals surface area (Å²) in [6.45, 7) is 2.98. The number of hydrogen-bond acceptors (Lipinski definition) is 4. The number of carbonyl (C=O) groups excluding carboxylic acids is 2. The highest BCUT2D eigenvalue weighted by Crippen LogP contribution is 2.41. The number of Topliss-reactive ketones (excluding diaryl/α,β-unsaturated/α-hetero) is 1. The molecule has 2 aliphatic rings. The number of benzene rings is 2. The van der Waals surface area contributed by atoms with Crippen molar-refractivity contribution in [2.45, 2.75) is 43.7 Å². The van der Waals surface area contributed by atoms with Crippen molar-refractivity contribution >= 4 is 11.7 Å². The maximum atomic E-state index is 13.0. The summed E-state index contributed by atoms with van der Waals surface area (Å²) in [5, 5.41) is 0. The van der Waals surface area contributed by atoms with E-state index >= 15 is 0 Å². The summed E-state index contributed by atoms with van der Waals surface area (Å²) >= 11 is 0. The van der Waals surface area contributed by atoms with Crippen LogP contribution in [0.5, 0.6) is 0 Å². The fraction of sp³-hybridized carbons (Fsp3) is 0.391. The lowest BCUT2D eigenvalue weighted by Crippen LogP contribution is -2.51. The average molecular weight is 377 g/mol. The summed E-state index contributed by atoms with van der Waals surface area (Å²) in [4.78, 5) is 26.5. The number of amides is 1. The highest BCUT2D eigenvalue weighted by molar-refractivity contribution is 5.86. The van der Waals surface area contributed by atoms with Crippen molar-refractivity contribution in [1.82, 2.24) is 15.8 Å². The quantitative estimate of drug-likeness (QED) is 0.859. The molecule has 5 nitrogen and oxygen atoms in total. The Bertz CT molecular complexity index is 788. The predicted octanol–water partition coefficient (Wildman–Crippen LogP) is 2.42.